The van der Waals surface area contributed by atoms with Crippen molar-refractivity contribution < 1.29 is 9.53 Å². The summed E-state index contributed by atoms with van der Waals surface area (Å²) in [4.78, 5) is 11.5. The van der Waals surface area contributed by atoms with Gasteiger partial charge in [0.05, 0.1) is 6.20 Å². The van der Waals surface area contributed by atoms with Gasteiger partial charge in [-0.1, -0.05) is 6.92 Å². The summed E-state index contributed by atoms with van der Waals surface area (Å²) in [5.74, 6) is 0.870. The lowest BCUT2D eigenvalue weighted by molar-refractivity contribution is -0.117. The van der Waals surface area contributed by atoms with Crippen molar-refractivity contribution in [3.05, 3.63) is 11.8 Å². The van der Waals surface area contributed by atoms with Crippen LogP contribution in [0.5, 0.6) is 0 Å². The third-order valence-electron chi connectivity index (χ3n) is 2.08. The van der Waals surface area contributed by atoms with Crippen molar-refractivity contribution in [2.24, 2.45) is 5.92 Å². The number of rotatable bonds is 5. The van der Waals surface area contributed by atoms with Crippen LogP contribution in [0.4, 0.5) is 5.82 Å². The molecule has 1 unspecified atom stereocenters. The molecule has 1 rings (SSSR count). The summed E-state index contributed by atoms with van der Waals surface area (Å²) in [5.41, 5.74) is 0.933. The highest BCUT2D eigenvalue weighted by molar-refractivity contribution is 5.90. The Labute approximate surface area is 89.2 Å². The molecule has 5 nitrogen and oxygen atoms in total. The second kappa shape index (κ2) is 5.50. The van der Waals surface area contributed by atoms with Crippen molar-refractivity contribution >= 4 is 11.7 Å². The molecule has 15 heavy (non-hydrogen) atoms. The smallest absolute Gasteiger partial charge is 0.225 e. The first-order chi connectivity index (χ1) is 7.13. The lowest BCUT2D eigenvalue weighted by Gasteiger charge is -2.09. The number of nitrogens with zero attached hydrogens (tertiary/aromatic N) is 1. The summed E-state index contributed by atoms with van der Waals surface area (Å²) in [6, 6.07) is 0. The van der Waals surface area contributed by atoms with Crippen molar-refractivity contribution in [3.63, 3.8) is 0 Å². The summed E-state index contributed by atoms with van der Waals surface area (Å²) >= 11 is 0. The highest BCUT2D eigenvalue weighted by atomic mass is 16.5. The van der Waals surface area contributed by atoms with Crippen LogP contribution in [0.1, 0.15) is 18.9 Å². The van der Waals surface area contributed by atoms with Gasteiger partial charge in [0, 0.05) is 25.7 Å². The average Bonchev–Trinajstić information content (AvgIpc) is 2.52. The molecule has 0 aliphatic rings. The normalized spacial score (nSPS) is 12.5. The van der Waals surface area contributed by atoms with Gasteiger partial charge >= 0.3 is 0 Å². The Morgan fingerprint density at radius 2 is 2.47 bits per heavy atom. The van der Waals surface area contributed by atoms with Crippen molar-refractivity contribution in [3.8, 4) is 0 Å². The minimum atomic E-state index is -0.0214. The largest absolute Gasteiger partial charge is 0.384 e. The molecule has 84 valence electrons. The van der Waals surface area contributed by atoms with E-state index < -0.39 is 0 Å². The van der Waals surface area contributed by atoms with Crippen LogP contribution in [-0.2, 0) is 9.53 Å². The molecular weight excluding hydrogens is 194 g/mol. The Bertz CT molecular complexity index is 322. The van der Waals surface area contributed by atoms with Gasteiger partial charge in [0.15, 0.2) is 0 Å². The maximum Gasteiger partial charge on any atom is 0.225 e. The molecule has 0 fully saturated rings. The Morgan fingerprint density at radius 1 is 1.73 bits per heavy atom. The Balaban J connectivity index is 2.40. The molecule has 1 aromatic heterocycles. The Hall–Kier alpha value is -1.36. The van der Waals surface area contributed by atoms with Gasteiger partial charge in [0.2, 0.25) is 5.91 Å². The zero-order chi connectivity index (χ0) is 11.3. The number of H-pyrrole nitrogens is 1. The SMILES string of the molecule is COCC(C)CC(=O)Nc1[nH]ncc1C. The van der Waals surface area contributed by atoms with Gasteiger partial charge in [0.1, 0.15) is 5.82 Å². The van der Waals surface area contributed by atoms with E-state index >= 15 is 0 Å². The quantitative estimate of drug-likeness (QED) is 0.772. The van der Waals surface area contributed by atoms with Gasteiger partial charge in [-0.15, -0.1) is 0 Å². The van der Waals surface area contributed by atoms with Crippen LogP contribution in [-0.4, -0.2) is 29.8 Å². The predicted octanol–water partition coefficient (Wildman–Crippen LogP) is 1.33. The van der Waals surface area contributed by atoms with Crippen LogP contribution >= 0.6 is 0 Å². The Kier molecular flexibility index (Phi) is 4.30. The van der Waals surface area contributed by atoms with E-state index in [0.29, 0.717) is 18.8 Å². The number of carbonyl (C=O) groups is 1. The van der Waals surface area contributed by atoms with Crippen LogP contribution in [0.15, 0.2) is 6.20 Å². The fraction of sp³-hybridized carbons (Fsp3) is 0.600. The summed E-state index contributed by atoms with van der Waals surface area (Å²) in [7, 11) is 1.63. The van der Waals surface area contributed by atoms with Gasteiger partial charge in [-0.05, 0) is 12.8 Å². The standard InChI is InChI=1S/C10H17N3O2/c1-7(6-15-3)4-9(14)12-10-8(2)5-11-13-10/h5,7H,4,6H2,1-3H3,(H2,11,12,13,14). The maximum atomic E-state index is 11.5. The third kappa shape index (κ3) is 3.71. The fourth-order valence-electron chi connectivity index (χ4n) is 1.32. The Morgan fingerprint density at radius 3 is 3.00 bits per heavy atom. The lowest BCUT2D eigenvalue weighted by atomic mass is 10.1. The molecule has 2 N–H and O–H groups in total. The topological polar surface area (TPSA) is 67.0 Å². The third-order valence-corrected chi connectivity index (χ3v) is 2.08. The lowest BCUT2D eigenvalue weighted by Crippen LogP contribution is -2.18. The van der Waals surface area contributed by atoms with Crippen molar-refractivity contribution in [1.29, 1.82) is 0 Å². The number of aryl methyl sites for hydroxylation is 1. The van der Waals surface area contributed by atoms with E-state index in [1.807, 2.05) is 13.8 Å². The summed E-state index contributed by atoms with van der Waals surface area (Å²) in [6.45, 7) is 4.45. The van der Waals surface area contributed by atoms with Gasteiger partial charge < -0.3 is 10.1 Å². The molecule has 5 heteroatoms. The van der Waals surface area contributed by atoms with Crippen LogP contribution < -0.4 is 5.32 Å². The van der Waals surface area contributed by atoms with Crippen LogP contribution in [0.2, 0.25) is 0 Å². The van der Waals surface area contributed by atoms with E-state index in [1.165, 1.54) is 0 Å². The molecule has 0 aliphatic heterocycles. The molecule has 0 saturated carbocycles. The van der Waals surface area contributed by atoms with E-state index in [2.05, 4.69) is 15.5 Å². The zero-order valence-corrected chi connectivity index (χ0v) is 9.33. The molecule has 0 bridgehead atoms. The van der Waals surface area contributed by atoms with Gasteiger partial charge in [-0.2, -0.15) is 5.10 Å². The molecule has 0 spiro atoms. The van der Waals surface area contributed by atoms with E-state index in [0.717, 1.165) is 5.56 Å². The first kappa shape index (κ1) is 11.7. The minimum absolute atomic E-state index is 0.0214. The molecule has 0 saturated heterocycles. The van der Waals surface area contributed by atoms with Crippen LogP contribution in [0.3, 0.4) is 0 Å². The maximum absolute atomic E-state index is 11.5. The second-order valence-electron chi connectivity index (χ2n) is 3.74. The number of anilines is 1. The summed E-state index contributed by atoms with van der Waals surface area (Å²) < 4.78 is 4.96. The first-order valence-electron chi connectivity index (χ1n) is 4.92. The molecule has 0 aromatic carbocycles. The fourth-order valence-corrected chi connectivity index (χ4v) is 1.32. The number of hydrogen-bond donors (Lipinski definition) is 2. The van der Waals surface area contributed by atoms with E-state index in [1.54, 1.807) is 13.3 Å². The van der Waals surface area contributed by atoms with Gasteiger partial charge in [-0.25, -0.2) is 0 Å². The molecule has 1 aromatic rings. The van der Waals surface area contributed by atoms with Gasteiger partial charge in [-0.3, -0.25) is 9.89 Å². The second-order valence-corrected chi connectivity index (χ2v) is 3.74. The number of amides is 1. The average molecular weight is 211 g/mol. The highest BCUT2D eigenvalue weighted by Crippen LogP contribution is 2.10. The van der Waals surface area contributed by atoms with Crippen molar-refractivity contribution in [2.45, 2.75) is 20.3 Å². The van der Waals surface area contributed by atoms with Crippen LogP contribution in [0, 0.1) is 12.8 Å². The van der Waals surface area contributed by atoms with Gasteiger partial charge in [0.25, 0.3) is 0 Å². The molecule has 0 radical (unpaired) electrons. The first-order valence-corrected chi connectivity index (χ1v) is 4.92. The predicted molar refractivity (Wildman–Crippen MR) is 57.6 cm³/mol. The van der Waals surface area contributed by atoms with Crippen molar-refractivity contribution in [2.75, 3.05) is 19.0 Å². The van der Waals surface area contributed by atoms with Crippen molar-refractivity contribution in [1.82, 2.24) is 10.2 Å². The molecule has 1 heterocycles. The highest BCUT2D eigenvalue weighted by Gasteiger charge is 2.10. The summed E-state index contributed by atoms with van der Waals surface area (Å²) in [6.07, 6.45) is 2.13. The minimum Gasteiger partial charge on any atom is -0.384 e. The van der Waals surface area contributed by atoms with Crippen LogP contribution in [0.25, 0.3) is 0 Å². The van der Waals surface area contributed by atoms with E-state index in [-0.39, 0.29) is 11.8 Å². The van der Waals surface area contributed by atoms with E-state index in [9.17, 15) is 4.79 Å². The molecular formula is C10H17N3O2. The zero-order valence-electron chi connectivity index (χ0n) is 9.33. The molecule has 1 atom stereocenters. The number of carbonyl (C=O) groups excluding carboxylic acids is 1. The number of ether oxygens (including phenoxy) is 1. The number of aromatic amines is 1. The number of aromatic nitrogens is 2. The number of hydrogen-bond acceptors (Lipinski definition) is 3. The molecule has 0 aliphatic carbocycles. The number of methoxy groups -OCH3 is 1. The molecule has 1 amide bonds. The summed E-state index contributed by atoms with van der Waals surface area (Å²) in [5, 5.41) is 9.32. The number of nitrogens with one attached hydrogen (secondary N) is 2. The van der Waals surface area contributed by atoms with E-state index in [4.69, 9.17) is 4.74 Å². The monoisotopic (exact) mass is 211 g/mol.